The molecule has 29 heavy (non-hydrogen) atoms. The van der Waals surface area contributed by atoms with E-state index in [1.807, 2.05) is 36.4 Å². The number of carbonyl (C=O) groups is 1. The van der Waals surface area contributed by atoms with Crippen LogP contribution < -0.4 is 15.5 Å². The third-order valence-corrected chi connectivity index (χ3v) is 5.15. The first kappa shape index (κ1) is 18.9. The van der Waals surface area contributed by atoms with Gasteiger partial charge in [0.15, 0.2) is 0 Å². The number of aromatic nitrogens is 1. The topological polar surface area (TPSA) is 57.3 Å². The molecule has 1 aliphatic rings. The predicted octanol–water partition coefficient (Wildman–Crippen LogP) is 4.22. The summed E-state index contributed by atoms with van der Waals surface area (Å²) in [7, 11) is 0. The van der Waals surface area contributed by atoms with E-state index < -0.39 is 0 Å². The number of rotatable bonds is 6. The second-order valence-corrected chi connectivity index (χ2v) is 7.23. The Hall–Kier alpha value is -3.41. The zero-order valence-corrected chi connectivity index (χ0v) is 16.0. The average molecular weight is 390 g/mol. The van der Waals surface area contributed by atoms with Gasteiger partial charge in [0.05, 0.1) is 0 Å². The number of anilines is 3. The van der Waals surface area contributed by atoms with Crippen molar-refractivity contribution in [3.8, 4) is 0 Å². The Balaban J connectivity index is 1.27. The van der Waals surface area contributed by atoms with E-state index in [0.29, 0.717) is 18.0 Å². The Bertz CT molecular complexity index is 945. The van der Waals surface area contributed by atoms with Crippen LogP contribution in [-0.4, -0.2) is 30.5 Å². The quantitative estimate of drug-likeness (QED) is 0.662. The molecule has 0 radical (unpaired) electrons. The molecule has 1 amide bonds. The van der Waals surface area contributed by atoms with Crippen molar-refractivity contribution in [1.82, 2.24) is 10.3 Å². The van der Waals surface area contributed by atoms with E-state index in [1.165, 1.54) is 12.1 Å². The summed E-state index contributed by atoms with van der Waals surface area (Å²) in [5, 5.41) is 6.31. The van der Waals surface area contributed by atoms with Gasteiger partial charge in [-0.15, -0.1) is 0 Å². The van der Waals surface area contributed by atoms with Gasteiger partial charge in [0.25, 0.3) is 5.91 Å². The first-order valence-corrected chi connectivity index (χ1v) is 9.73. The zero-order chi connectivity index (χ0) is 20.1. The number of nitrogens with one attached hydrogen (secondary N) is 2. The van der Waals surface area contributed by atoms with Crippen LogP contribution in [0, 0.1) is 11.7 Å². The van der Waals surface area contributed by atoms with Crippen molar-refractivity contribution >= 4 is 23.0 Å². The predicted molar refractivity (Wildman–Crippen MR) is 113 cm³/mol. The number of hydrogen-bond donors (Lipinski definition) is 2. The third kappa shape index (κ3) is 4.90. The number of benzene rings is 2. The van der Waals surface area contributed by atoms with Crippen LogP contribution in [0.3, 0.4) is 0 Å². The van der Waals surface area contributed by atoms with Gasteiger partial charge in [0.1, 0.15) is 5.82 Å². The van der Waals surface area contributed by atoms with Crippen molar-refractivity contribution in [2.75, 3.05) is 29.9 Å². The molecule has 4 rings (SSSR count). The highest BCUT2D eigenvalue weighted by Gasteiger charge is 2.23. The van der Waals surface area contributed by atoms with Crippen molar-refractivity contribution in [2.45, 2.75) is 6.42 Å². The van der Waals surface area contributed by atoms with E-state index in [2.05, 4.69) is 20.5 Å². The van der Waals surface area contributed by atoms with E-state index in [4.69, 9.17) is 0 Å². The van der Waals surface area contributed by atoms with E-state index in [0.717, 1.165) is 36.6 Å². The monoisotopic (exact) mass is 390 g/mol. The smallest absolute Gasteiger partial charge is 0.251 e. The summed E-state index contributed by atoms with van der Waals surface area (Å²) in [5.41, 5.74) is 3.53. The van der Waals surface area contributed by atoms with Crippen molar-refractivity contribution in [3.05, 3.63) is 84.4 Å². The molecule has 1 atom stereocenters. The summed E-state index contributed by atoms with van der Waals surface area (Å²) in [6.45, 7) is 2.41. The van der Waals surface area contributed by atoms with Crippen molar-refractivity contribution in [2.24, 2.45) is 5.92 Å². The molecule has 2 heterocycles. The van der Waals surface area contributed by atoms with Crippen LogP contribution in [0.15, 0.2) is 73.1 Å². The van der Waals surface area contributed by atoms with Crippen LogP contribution in [0.2, 0.25) is 0 Å². The standard InChI is InChI=1S/C23H23FN4O/c24-19-3-7-22(8-4-19)28-14-11-17(16-28)15-26-23(29)18-1-5-20(6-2-18)27-21-9-12-25-13-10-21/h1-10,12-13,17H,11,14-16H2,(H,25,27)(H,26,29)/t17-/m0/s1. The molecule has 1 fully saturated rings. The second-order valence-electron chi connectivity index (χ2n) is 7.23. The van der Waals surface area contributed by atoms with Crippen LogP contribution in [-0.2, 0) is 0 Å². The van der Waals surface area contributed by atoms with E-state index in [-0.39, 0.29) is 11.7 Å². The Morgan fingerprint density at radius 1 is 1.00 bits per heavy atom. The minimum Gasteiger partial charge on any atom is -0.371 e. The molecule has 3 aromatic rings. The van der Waals surface area contributed by atoms with Gasteiger partial charge >= 0.3 is 0 Å². The number of carbonyl (C=O) groups excluding carboxylic acids is 1. The maximum Gasteiger partial charge on any atom is 0.251 e. The molecular formula is C23H23FN4O. The van der Waals surface area contributed by atoms with Gasteiger partial charge in [-0.2, -0.15) is 0 Å². The van der Waals surface area contributed by atoms with E-state index in [9.17, 15) is 9.18 Å². The van der Waals surface area contributed by atoms with Gasteiger partial charge in [-0.3, -0.25) is 9.78 Å². The first-order valence-electron chi connectivity index (χ1n) is 9.73. The Labute approximate surface area is 169 Å². The summed E-state index contributed by atoms with van der Waals surface area (Å²) in [6, 6.07) is 17.8. The van der Waals surface area contributed by atoms with Crippen LogP contribution in [0.4, 0.5) is 21.5 Å². The summed E-state index contributed by atoms with van der Waals surface area (Å²) >= 11 is 0. The van der Waals surface area contributed by atoms with Crippen LogP contribution in [0.25, 0.3) is 0 Å². The summed E-state index contributed by atoms with van der Waals surface area (Å²) < 4.78 is 13.1. The highest BCUT2D eigenvalue weighted by molar-refractivity contribution is 5.94. The fourth-order valence-corrected chi connectivity index (χ4v) is 3.53. The van der Waals surface area contributed by atoms with Gasteiger partial charge in [0, 0.05) is 54.7 Å². The summed E-state index contributed by atoms with van der Waals surface area (Å²) in [6.07, 6.45) is 4.46. The average Bonchev–Trinajstić information content (AvgIpc) is 3.23. The molecule has 0 spiro atoms. The third-order valence-electron chi connectivity index (χ3n) is 5.15. The Morgan fingerprint density at radius 2 is 1.69 bits per heavy atom. The number of halogens is 1. The van der Waals surface area contributed by atoms with Crippen molar-refractivity contribution in [1.29, 1.82) is 0 Å². The van der Waals surface area contributed by atoms with Gasteiger partial charge in [-0.1, -0.05) is 0 Å². The lowest BCUT2D eigenvalue weighted by atomic mass is 10.1. The first-order chi connectivity index (χ1) is 14.2. The molecule has 0 bridgehead atoms. The van der Waals surface area contributed by atoms with Crippen molar-refractivity contribution in [3.63, 3.8) is 0 Å². The van der Waals surface area contributed by atoms with Crippen molar-refractivity contribution < 1.29 is 9.18 Å². The molecule has 2 aromatic carbocycles. The molecule has 1 aromatic heterocycles. The Morgan fingerprint density at radius 3 is 2.41 bits per heavy atom. The lowest BCUT2D eigenvalue weighted by molar-refractivity contribution is 0.0948. The molecule has 5 nitrogen and oxygen atoms in total. The fourth-order valence-electron chi connectivity index (χ4n) is 3.53. The fraction of sp³-hybridized carbons (Fsp3) is 0.217. The minimum atomic E-state index is -0.223. The van der Waals surface area contributed by atoms with Gasteiger partial charge in [-0.25, -0.2) is 4.39 Å². The zero-order valence-electron chi connectivity index (χ0n) is 16.0. The minimum absolute atomic E-state index is 0.0688. The normalized spacial score (nSPS) is 15.9. The lowest BCUT2D eigenvalue weighted by Crippen LogP contribution is -2.31. The molecule has 148 valence electrons. The molecule has 0 saturated carbocycles. The lowest BCUT2D eigenvalue weighted by Gasteiger charge is -2.19. The highest BCUT2D eigenvalue weighted by Crippen LogP contribution is 2.23. The maximum absolute atomic E-state index is 13.1. The SMILES string of the molecule is O=C(NC[C@@H]1CCN(c2ccc(F)cc2)C1)c1ccc(Nc2ccncc2)cc1. The molecule has 0 aliphatic carbocycles. The molecule has 2 N–H and O–H groups in total. The van der Waals surface area contributed by atoms with Crippen LogP contribution in [0.1, 0.15) is 16.8 Å². The van der Waals surface area contributed by atoms with E-state index >= 15 is 0 Å². The molecule has 6 heteroatoms. The van der Waals surface area contributed by atoms with Crippen LogP contribution >= 0.6 is 0 Å². The number of pyridine rings is 1. The highest BCUT2D eigenvalue weighted by atomic mass is 19.1. The maximum atomic E-state index is 13.1. The number of amides is 1. The van der Waals surface area contributed by atoms with Crippen LogP contribution in [0.5, 0.6) is 0 Å². The van der Waals surface area contributed by atoms with Gasteiger partial charge in [-0.05, 0) is 73.0 Å². The molecule has 0 unspecified atom stereocenters. The summed E-state index contributed by atoms with van der Waals surface area (Å²) in [4.78, 5) is 18.7. The number of nitrogens with zero attached hydrogens (tertiary/aromatic N) is 2. The molecule has 1 aliphatic heterocycles. The summed E-state index contributed by atoms with van der Waals surface area (Å²) in [5.74, 6) is 0.0936. The molecular weight excluding hydrogens is 367 g/mol. The second kappa shape index (κ2) is 8.73. The largest absolute Gasteiger partial charge is 0.371 e. The van der Waals surface area contributed by atoms with E-state index in [1.54, 1.807) is 24.5 Å². The van der Waals surface area contributed by atoms with Gasteiger partial charge in [0.2, 0.25) is 0 Å². The van der Waals surface area contributed by atoms with Gasteiger partial charge < -0.3 is 15.5 Å². The molecule has 1 saturated heterocycles. The number of hydrogen-bond acceptors (Lipinski definition) is 4. The Kier molecular flexibility index (Phi) is 5.70.